The van der Waals surface area contributed by atoms with Gasteiger partial charge in [-0.15, -0.1) is 0 Å². The second-order valence-electron chi connectivity index (χ2n) is 13.2. The maximum atomic E-state index is 12.7. The Labute approximate surface area is 272 Å². The minimum absolute atomic E-state index is 0.0126. The minimum Gasteiger partial charge on any atom is -0.480 e. The number of aliphatic carboxylic acids is 1. The Morgan fingerprint density at radius 2 is 0.841 bits per heavy atom. The van der Waals surface area contributed by atoms with Crippen LogP contribution < -0.4 is 5.32 Å². The number of hydrogen-bond donors (Lipinski definition) is 2. The molecule has 260 valence electrons. The van der Waals surface area contributed by atoms with Crippen molar-refractivity contribution in [3.8, 4) is 0 Å². The zero-order chi connectivity index (χ0) is 32.4. The van der Waals surface area contributed by atoms with E-state index in [0.29, 0.717) is 12.8 Å². The predicted molar refractivity (Wildman–Crippen MR) is 185 cm³/mol. The third-order valence-corrected chi connectivity index (χ3v) is 8.78. The van der Waals surface area contributed by atoms with Crippen LogP contribution in [0.2, 0.25) is 0 Å². The van der Waals surface area contributed by atoms with Gasteiger partial charge in [0.2, 0.25) is 5.91 Å². The van der Waals surface area contributed by atoms with Crippen LogP contribution >= 0.6 is 0 Å². The van der Waals surface area contributed by atoms with Gasteiger partial charge in [-0.2, -0.15) is 0 Å². The molecule has 0 bridgehead atoms. The summed E-state index contributed by atoms with van der Waals surface area (Å²) in [7, 11) is 0. The molecule has 0 aliphatic carbocycles. The van der Waals surface area contributed by atoms with Gasteiger partial charge in [0.15, 0.2) is 0 Å². The Hall–Kier alpha value is -1.59. The van der Waals surface area contributed by atoms with Crippen LogP contribution in [0.3, 0.4) is 0 Å². The Balaban J connectivity index is 4.14. The molecule has 0 heterocycles. The molecular formula is C38H73NO5. The number of ether oxygens (including phenoxy) is 1. The quantitative estimate of drug-likeness (QED) is 0.0541. The van der Waals surface area contributed by atoms with Crippen molar-refractivity contribution in [1.82, 2.24) is 5.32 Å². The Morgan fingerprint density at radius 3 is 1.23 bits per heavy atom. The van der Waals surface area contributed by atoms with Crippen LogP contribution in [0, 0.1) is 0 Å². The Bertz CT molecular complexity index is 653. The number of carbonyl (C=O) groups excluding carboxylic acids is 2. The topological polar surface area (TPSA) is 92.7 Å². The smallest absolute Gasteiger partial charge is 0.322 e. The maximum absolute atomic E-state index is 12.7. The standard InChI is InChI=1S/C38H73NO5/c1-3-5-7-9-11-13-15-17-19-22-26-30-35(31-27-23-21-24-28-32-36(40)39-34-37(41)42)44-38(43)33-29-25-20-18-16-14-12-10-8-6-4-2/h35H,3-34H2,1-2H3,(H,39,40)(H,41,42). The molecule has 1 unspecified atom stereocenters. The third kappa shape index (κ3) is 33.3. The molecule has 44 heavy (non-hydrogen) atoms. The van der Waals surface area contributed by atoms with E-state index in [1.807, 2.05) is 0 Å². The Kier molecular flexibility index (Phi) is 33.0. The van der Waals surface area contributed by atoms with Crippen LogP contribution in [-0.4, -0.2) is 35.6 Å². The number of hydrogen-bond acceptors (Lipinski definition) is 4. The van der Waals surface area contributed by atoms with Gasteiger partial charge in [0.1, 0.15) is 12.6 Å². The molecule has 0 saturated heterocycles. The molecule has 0 aromatic heterocycles. The largest absolute Gasteiger partial charge is 0.480 e. The van der Waals surface area contributed by atoms with Crippen LogP contribution in [0.15, 0.2) is 0 Å². The van der Waals surface area contributed by atoms with Crippen LogP contribution in [0.25, 0.3) is 0 Å². The number of carboxylic acids is 1. The van der Waals surface area contributed by atoms with Gasteiger partial charge < -0.3 is 15.2 Å². The van der Waals surface area contributed by atoms with Gasteiger partial charge in [0.25, 0.3) is 0 Å². The third-order valence-electron chi connectivity index (χ3n) is 8.78. The van der Waals surface area contributed by atoms with Crippen molar-refractivity contribution >= 4 is 17.8 Å². The molecule has 0 aliphatic rings. The van der Waals surface area contributed by atoms with E-state index in [2.05, 4.69) is 19.2 Å². The van der Waals surface area contributed by atoms with Gasteiger partial charge in [0, 0.05) is 12.8 Å². The normalized spacial score (nSPS) is 11.9. The second kappa shape index (κ2) is 34.3. The van der Waals surface area contributed by atoms with Crippen molar-refractivity contribution in [3.05, 3.63) is 0 Å². The lowest BCUT2D eigenvalue weighted by Gasteiger charge is -2.18. The van der Waals surface area contributed by atoms with E-state index in [0.717, 1.165) is 64.2 Å². The summed E-state index contributed by atoms with van der Waals surface area (Å²) in [5.74, 6) is -1.22. The first-order valence-corrected chi connectivity index (χ1v) is 19.2. The van der Waals surface area contributed by atoms with Crippen molar-refractivity contribution in [3.63, 3.8) is 0 Å². The first kappa shape index (κ1) is 42.4. The highest BCUT2D eigenvalue weighted by molar-refractivity contribution is 5.80. The fourth-order valence-electron chi connectivity index (χ4n) is 5.93. The fourth-order valence-corrected chi connectivity index (χ4v) is 5.93. The SMILES string of the molecule is CCCCCCCCCCCCCC(=O)OC(CCCCCCCCCCCCC)CCCCCCCC(=O)NCC(=O)O. The van der Waals surface area contributed by atoms with Crippen LogP contribution in [0.1, 0.15) is 213 Å². The lowest BCUT2D eigenvalue weighted by atomic mass is 10.0. The number of nitrogens with one attached hydrogen (secondary N) is 1. The lowest BCUT2D eigenvalue weighted by molar-refractivity contribution is -0.150. The summed E-state index contributed by atoms with van der Waals surface area (Å²) in [5, 5.41) is 11.1. The fraction of sp³-hybridized carbons (Fsp3) is 0.921. The van der Waals surface area contributed by atoms with Gasteiger partial charge in [-0.25, -0.2) is 0 Å². The van der Waals surface area contributed by atoms with Gasteiger partial charge in [-0.1, -0.05) is 162 Å². The molecule has 1 atom stereocenters. The number of carboxylic acid groups (broad SMARTS) is 1. The van der Waals surface area contributed by atoms with E-state index in [1.165, 1.54) is 122 Å². The molecule has 0 radical (unpaired) electrons. The highest BCUT2D eigenvalue weighted by atomic mass is 16.5. The van der Waals surface area contributed by atoms with E-state index >= 15 is 0 Å². The molecule has 1 amide bonds. The molecule has 0 aromatic carbocycles. The molecule has 0 rings (SSSR count). The number of esters is 1. The zero-order valence-corrected chi connectivity index (χ0v) is 29.3. The first-order valence-electron chi connectivity index (χ1n) is 19.2. The summed E-state index contributed by atoms with van der Waals surface area (Å²) in [4.78, 5) is 34.8. The molecule has 6 nitrogen and oxygen atoms in total. The summed E-state index contributed by atoms with van der Waals surface area (Å²) in [6.07, 6.45) is 36.4. The lowest BCUT2D eigenvalue weighted by Crippen LogP contribution is -2.28. The summed E-state index contributed by atoms with van der Waals surface area (Å²) < 4.78 is 6.00. The van der Waals surface area contributed by atoms with Crippen LogP contribution in [-0.2, 0) is 19.1 Å². The number of amides is 1. The molecule has 0 aliphatic heterocycles. The Morgan fingerprint density at radius 1 is 0.500 bits per heavy atom. The summed E-state index contributed by atoms with van der Waals surface area (Å²) in [6, 6.07) is 0. The van der Waals surface area contributed by atoms with Crippen molar-refractivity contribution in [1.29, 1.82) is 0 Å². The summed E-state index contributed by atoms with van der Waals surface area (Å²) in [6.45, 7) is 4.22. The number of rotatable bonds is 35. The first-order chi connectivity index (χ1) is 21.5. The predicted octanol–water partition coefficient (Wildman–Crippen LogP) is 11.2. The molecule has 0 saturated carbocycles. The van der Waals surface area contributed by atoms with Gasteiger partial charge in [-0.3, -0.25) is 14.4 Å². The summed E-state index contributed by atoms with van der Waals surface area (Å²) >= 11 is 0. The van der Waals surface area contributed by atoms with Crippen molar-refractivity contribution < 1.29 is 24.2 Å². The number of unbranched alkanes of at least 4 members (excludes halogenated alkanes) is 24. The minimum atomic E-state index is -1.01. The molecule has 0 aromatic rings. The van der Waals surface area contributed by atoms with Gasteiger partial charge in [0.05, 0.1) is 0 Å². The molecular weight excluding hydrogens is 550 g/mol. The molecule has 2 N–H and O–H groups in total. The molecule has 6 heteroatoms. The van der Waals surface area contributed by atoms with E-state index < -0.39 is 5.97 Å². The number of carbonyl (C=O) groups is 3. The second-order valence-corrected chi connectivity index (χ2v) is 13.2. The van der Waals surface area contributed by atoms with Gasteiger partial charge >= 0.3 is 11.9 Å². The highest BCUT2D eigenvalue weighted by Gasteiger charge is 2.14. The van der Waals surface area contributed by atoms with E-state index in [1.54, 1.807) is 0 Å². The van der Waals surface area contributed by atoms with Gasteiger partial charge in [-0.05, 0) is 38.5 Å². The van der Waals surface area contributed by atoms with E-state index in [-0.39, 0.29) is 24.5 Å². The molecule has 0 fully saturated rings. The maximum Gasteiger partial charge on any atom is 0.322 e. The van der Waals surface area contributed by atoms with Crippen molar-refractivity contribution in [2.24, 2.45) is 0 Å². The van der Waals surface area contributed by atoms with Crippen molar-refractivity contribution in [2.75, 3.05) is 6.54 Å². The van der Waals surface area contributed by atoms with Crippen LogP contribution in [0.4, 0.5) is 0 Å². The van der Waals surface area contributed by atoms with Crippen LogP contribution in [0.5, 0.6) is 0 Å². The van der Waals surface area contributed by atoms with E-state index in [9.17, 15) is 14.4 Å². The summed E-state index contributed by atoms with van der Waals surface area (Å²) in [5.41, 5.74) is 0. The van der Waals surface area contributed by atoms with Crippen molar-refractivity contribution in [2.45, 2.75) is 219 Å². The zero-order valence-electron chi connectivity index (χ0n) is 29.3. The molecule has 0 spiro atoms. The van der Waals surface area contributed by atoms with E-state index in [4.69, 9.17) is 9.84 Å². The highest BCUT2D eigenvalue weighted by Crippen LogP contribution is 2.19. The average Bonchev–Trinajstić information content (AvgIpc) is 3.00. The monoisotopic (exact) mass is 624 g/mol. The average molecular weight is 624 g/mol.